The van der Waals surface area contributed by atoms with E-state index in [9.17, 15) is 10.1 Å². The zero-order chi connectivity index (χ0) is 19.6. The predicted octanol–water partition coefficient (Wildman–Crippen LogP) is 3.67. The maximum Gasteiger partial charge on any atom is 0.267 e. The molecule has 6 nitrogen and oxygen atoms in total. The average Bonchev–Trinajstić information content (AvgIpc) is 2.68. The number of amides is 1. The number of anilines is 1. The van der Waals surface area contributed by atoms with E-state index in [4.69, 9.17) is 21.1 Å². The quantitative estimate of drug-likeness (QED) is 0.411. The lowest BCUT2D eigenvalue weighted by atomic mass is 10.2. The lowest BCUT2D eigenvalue weighted by Gasteiger charge is -2.09. The van der Waals surface area contributed by atoms with E-state index in [0.717, 1.165) is 11.3 Å². The number of benzene rings is 2. The number of carbonyl (C=O) groups is 1. The van der Waals surface area contributed by atoms with E-state index < -0.39 is 5.91 Å². The highest BCUT2D eigenvalue weighted by Crippen LogP contribution is 2.20. The first-order valence-corrected chi connectivity index (χ1v) is 8.59. The largest absolute Gasteiger partial charge is 0.497 e. The fourth-order valence-corrected chi connectivity index (χ4v) is 2.31. The molecular weight excluding hydrogens is 366 g/mol. The van der Waals surface area contributed by atoms with Gasteiger partial charge < -0.3 is 20.1 Å². The topological polar surface area (TPSA) is 83.4 Å². The van der Waals surface area contributed by atoms with Gasteiger partial charge in [-0.3, -0.25) is 4.79 Å². The minimum atomic E-state index is -0.508. The molecule has 1 amide bonds. The Hall–Kier alpha value is -3.17. The molecule has 0 radical (unpaired) electrons. The van der Waals surface area contributed by atoms with Crippen LogP contribution in [0.2, 0.25) is 5.02 Å². The molecule has 2 N–H and O–H groups in total. The number of ether oxygens (including phenoxy) is 2. The Morgan fingerprint density at radius 2 is 1.93 bits per heavy atom. The van der Waals surface area contributed by atoms with Gasteiger partial charge in [0, 0.05) is 23.5 Å². The second kappa shape index (κ2) is 10.1. The molecule has 0 aliphatic heterocycles. The van der Waals surface area contributed by atoms with Crippen molar-refractivity contribution >= 4 is 23.2 Å². The number of hydrogen-bond acceptors (Lipinski definition) is 5. The summed E-state index contributed by atoms with van der Waals surface area (Å²) in [7, 11) is 1.60. The Morgan fingerprint density at radius 3 is 2.59 bits per heavy atom. The van der Waals surface area contributed by atoms with Crippen molar-refractivity contribution in [1.29, 1.82) is 5.26 Å². The smallest absolute Gasteiger partial charge is 0.267 e. The number of carbonyl (C=O) groups excluding carboxylic acids is 1. The lowest BCUT2D eigenvalue weighted by Crippen LogP contribution is -2.20. The second-order valence-electron chi connectivity index (χ2n) is 5.56. The normalized spacial score (nSPS) is 10.7. The van der Waals surface area contributed by atoms with Gasteiger partial charge in [-0.05, 0) is 48.9 Å². The molecule has 0 heterocycles. The van der Waals surface area contributed by atoms with Crippen LogP contribution in [0.4, 0.5) is 5.69 Å². The Balaban J connectivity index is 1.83. The number of rotatable bonds is 8. The molecule has 27 heavy (non-hydrogen) atoms. The number of nitrogens with one attached hydrogen (secondary N) is 2. The lowest BCUT2D eigenvalue weighted by molar-refractivity contribution is -0.112. The maximum atomic E-state index is 12.2. The molecule has 0 aliphatic carbocycles. The van der Waals surface area contributed by atoms with Crippen molar-refractivity contribution in [1.82, 2.24) is 5.32 Å². The molecule has 7 heteroatoms. The van der Waals surface area contributed by atoms with Crippen molar-refractivity contribution in [3.63, 3.8) is 0 Å². The Kier molecular flexibility index (Phi) is 7.53. The van der Waals surface area contributed by atoms with Gasteiger partial charge >= 0.3 is 0 Å². The fraction of sp³-hybridized carbons (Fsp3) is 0.200. The molecule has 0 saturated heterocycles. The van der Waals surface area contributed by atoms with Crippen LogP contribution in [0.3, 0.4) is 0 Å². The van der Waals surface area contributed by atoms with E-state index in [1.807, 2.05) is 13.0 Å². The van der Waals surface area contributed by atoms with E-state index in [1.165, 1.54) is 6.20 Å². The van der Waals surface area contributed by atoms with Gasteiger partial charge in [0.15, 0.2) is 0 Å². The Labute approximate surface area is 163 Å². The number of methoxy groups -OCH3 is 1. The summed E-state index contributed by atoms with van der Waals surface area (Å²) >= 11 is 5.94. The van der Waals surface area contributed by atoms with E-state index in [0.29, 0.717) is 29.6 Å². The second-order valence-corrected chi connectivity index (χ2v) is 6.00. The zero-order valence-corrected chi connectivity index (χ0v) is 15.8. The minimum Gasteiger partial charge on any atom is -0.497 e. The Bertz CT molecular complexity index is 858. The number of nitriles is 1. The number of nitrogens with zero attached hydrogens (tertiary/aromatic N) is 1. The van der Waals surface area contributed by atoms with Crippen LogP contribution in [0.25, 0.3) is 0 Å². The van der Waals surface area contributed by atoms with Crippen molar-refractivity contribution < 1.29 is 14.3 Å². The molecule has 0 fully saturated rings. The highest BCUT2D eigenvalue weighted by atomic mass is 35.5. The molecule has 0 unspecified atom stereocenters. The summed E-state index contributed by atoms with van der Waals surface area (Å²) in [5.41, 5.74) is 1.38. The van der Waals surface area contributed by atoms with Gasteiger partial charge in [-0.25, -0.2) is 0 Å². The zero-order valence-electron chi connectivity index (χ0n) is 15.1. The van der Waals surface area contributed by atoms with Crippen molar-refractivity contribution in [3.05, 3.63) is 64.8 Å². The first-order valence-electron chi connectivity index (χ1n) is 8.21. The van der Waals surface area contributed by atoms with Gasteiger partial charge in [0.25, 0.3) is 5.91 Å². The first-order chi connectivity index (χ1) is 13.0. The monoisotopic (exact) mass is 385 g/mol. The molecule has 0 atom stereocenters. The Morgan fingerprint density at radius 1 is 1.22 bits per heavy atom. The van der Waals surface area contributed by atoms with Crippen molar-refractivity contribution in [3.8, 4) is 17.6 Å². The molecule has 0 aromatic heterocycles. The summed E-state index contributed by atoms with van der Waals surface area (Å²) in [5, 5.41) is 15.3. The number of aryl methyl sites for hydroxylation is 1. The van der Waals surface area contributed by atoms with Crippen LogP contribution in [0.1, 0.15) is 5.56 Å². The van der Waals surface area contributed by atoms with Gasteiger partial charge in [-0.2, -0.15) is 5.26 Å². The maximum absolute atomic E-state index is 12.2. The van der Waals surface area contributed by atoms with Crippen molar-refractivity contribution in [2.75, 3.05) is 25.6 Å². The number of hydrogen-bond donors (Lipinski definition) is 2. The minimum absolute atomic E-state index is 0.0428. The molecule has 0 bridgehead atoms. The highest BCUT2D eigenvalue weighted by molar-refractivity contribution is 6.31. The number of halogens is 1. The molecule has 0 aliphatic rings. The third kappa shape index (κ3) is 6.24. The van der Waals surface area contributed by atoms with Crippen LogP contribution in [0, 0.1) is 18.3 Å². The van der Waals surface area contributed by atoms with E-state index in [-0.39, 0.29) is 5.57 Å². The summed E-state index contributed by atoms with van der Waals surface area (Å²) < 4.78 is 10.6. The molecule has 0 saturated carbocycles. The third-order valence-electron chi connectivity index (χ3n) is 3.63. The van der Waals surface area contributed by atoms with Crippen LogP contribution >= 0.6 is 11.6 Å². The predicted molar refractivity (Wildman–Crippen MR) is 105 cm³/mol. The van der Waals surface area contributed by atoms with Gasteiger partial charge in [-0.1, -0.05) is 17.7 Å². The third-order valence-corrected chi connectivity index (χ3v) is 3.87. The first kappa shape index (κ1) is 20.1. The van der Waals surface area contributed by atoms with Gasteiger partial charge in [0.05, 0.1) is 7.11 Å². The van der Waals surface area contributed by atoms with Crippen LogP contribution < -0.4 is 20.1 Å². The molecule has 140 valence electrons. The van der Waals surface area contributed by atoms with Crippen molar-refractivity contribution in [2.24, 2.45) is 0 Å². The van der Waals surface area contributed by atoms with Gasteiger partial charge in [-0.15, -0.1) is 0 Å². The molecule has 2 aromatic rings. The molecule has 2 rings (SSSR count). The molecule has 0 spiro atoms. The summed E-state index contributed by atoms with van der Waals surface area (Å²) in [6.45, 7) is 2.65. The van der Waals surface area contributed by atoms with Crippen LogP contribution in [0.15, 0.2) is 54.2 Å². The molecular formula is C20H20ClN3O3. The van der Waals surface area contributed by atoms with Gasteiger partial charge in [0.2, 0.25) is 0 Å². The fourth-order valence-electron chi connectivity index (χ4n) is 2.14. The van der Waals surface area contributed by atoms with Crippen LogP contribution in [-0.4, -0.2) is 26.2 Å². The van der Waals surface area contributed by atoms with E-state index in [2.05, 4.69) is 10.6 Å². The van der Waals surface area contributed by atoms with E-state index in [1.54, 1.807) is 49.6 Å². The standard InChI is InChI=1S/C20H20ClN3O3/c1-14-3-4-16(21)11-19(14)24-20(25)15(12-22)13-23-9-10-27-18-7-5-17(26-2)6-8-18/h3-8,11,13,23H,9-10H2,1-2H3,(H,24,25)/b15-13-. The summed E-state index contributed by atoms with van der Waals surface area (Å²) in [6, 6.07) is 14.3. The summed E-state index contributed by atoms with van der Waals surface area (Å²) in [4.78, 5) is 12.2. The van der Waals surface area contributed by atoms with Crippen molar-refractivity contribution in [2.45, 2.75) is 6.92 Å². The SMILES string of the molecule is COc1ccc(OCCN/C=C(/C#N)C(=O)Nc2cc(Cl)ccc2C)cc1. The van der Waals surface area contributed by atoms with E-state index >= 15 is 0 Å². The molecule has 2 aromatic carbocycles. The summed E-state index contributed by atoms with van der Waals surface area (Å²) in [6.07, 6.45) is 1.37. The van der Waals surface area contributed by atoms with Crippen LogP contribution in [-0.2, 0) is 4.79 Å². The van der Waals surface area contributed by atoms with Crippen LogP contribution in [0.5, 0.6) is 11.5 Å². The average molecular weight is 386 g/mol. The van der Waals surface area contributed by atoms with Gasteiger partial charge in [0.1, 0.15) is 29.7 Å². The summed E-state index contributed by atoms with van der Waals surface area (Å²) in [5.74, 6) is 0.950. The highest BCUT2D eigenvalue weighted by Gasteiger charge is 2.10.